The fourth-order valence-corrected chi connectivity index (χ4v) is 5.07. The number of benzene rings is 2. The van der Waals surface area contributed by atoms with E-state index in [4.69, 9.17) is 4.74 Å². The minimum atomic E-state index is -0.0889. The Labute approximate surface area is 189 Å². The van der Waals surface area contributed by atoms with Crippen LogP contribution in [-0.2, 0) is 6.42 Å². The van der Waals surface area contributed by atoms with Gasteiger partial charge in [0.1, 0.15) is 11.5 Å². The third kappa shape index (κ3) is 4.11. The molecule has 2 aromatic rings. The summed E-state index contributed by atoms with van der Waals surface area (Å²) in [6.45, 7) is 5.42. The molecule has 0 bridgehead atoms. The number of hydrogen-bond acceptors (Lipinski definition) is 4. The van der Waals surface area contributed by atoms with Crippen LogP contribution in [0, 0.1) is 0 Å². The lowest BCUT2D eigenvalue weighted by Crippen LogP contribution is -2.47. The molecular formula is C26H31N3O3. The molecule has 1 N–H and O–H groups in total. The van der Waals surface area contributed by atoms with Gasteiger partial charge in [0, 0.05) is 49.4 Å². The molecule has 6 nitrogen and oxygen atoms in total. The predicted molar refractivity (Wildman–Crippen MR) is 123 cm³/mol. The van der Waals surface area contributed by atoms with Gasteiger partial charge < -0.3 is 15.0 Å². The molecule has 2 fully saturated rings. The summed E-state index contributed by atoms with van der Waals surface area (Å²) < 4.78 is 6.00. The molecule has 0 spiro atoms. The summed E-state index contributed by atoms with van der Waals surface area (Å²) in [5.41, 5.74) is 2.46. The first-order chi connectivity index (χ1) is 15.6. The maximum absolute atomic E-state index is 13.2. The van der Waals surface area contributed by atoms with Gasteiger partial charge in [0.25, 0.3) is 11.8 Å². The van der Waals surface area contributed by atoms with Crippen LogP contribution < -0.4 is 10.1 Å². The van der Waals surface area contributed by atoms with Crippen molar-refractivity contribution >= 4 is 11.8 Å². The van der Waals surface area contributed by atoms with Crippen molar-refractivity contribution in [2.45, 2.75) is 51.1 Å². The van der Waals surface area contributed by atoms with Crippen LogP contribution >= 0.6 is 0 Å². The summed E-state index contributed by atoms with van der Waals surface area (Å²) in [5, 5.41) is 2.79. The Bertz CT molecular complexity index is 1000. The van der Waals surface area contributed by atoms with Crippen molar-refractivity contribution in [3.05, 3.63) is 59.2 Å². The lowest BCUT2D eigenvalue weighted by atomic mass is 9.92. The maximum atomic E-state index is 13.2. The fourth-order valence-electron chi connectivity index (χ4n) is 5.07. The van der Waals surface area contributed by atoms with Crippen LogP contribution in [0.15, 0.2) is 42.5 Å². The van der Waals surface area contributed by atoms with Crippen LogP contribution in [0.1, 0.15) is 58.9 Å². The number of likely N-dealkylation sites (tertiary alicyclic amines) is 1. The maximum Gasteiger partial charge on any atom is 0.254 e. The Morgan fingerprint density at radius 3 is 2.53 bits per heavy atom. The molecule has 1 saturated heterocycles. The van der Waals surface area contributed by atoms with E-state index >= 15 is 0 Å². The highest BCUT2D eigenvalue weighted by atomic mass is 16.5. The first kappa shape index (κ1) is 21.0. The number of fused-ring (bicyclic) bond motifs is 1. The summed E-state index contributed by atoms with van der Waals surface area (Å²) in [5.74, 6) is 1.45. The van der Waals surface area contributed by atoms with E-state index in [9.17, 15) is 9.59 Å². The van der Waals surface area contributed by atoms with Crippen molar-refractivity contribution in [3.8, 4) is 11.5 Å². The van der Waals surface area contributed by atoms with E-state index in [1.807, 2.05) is 25.1 Å². The van der Waals surface area contributed by atoms with Crippen molar-refractivity contribution < 1.29 is 14.3 Å². The van der Waals surface area contributed by atoms with E-state index in [1.54, 1.807) is 24.3 Å². The monoisotopic (exact) mass is 433 g/mol. The van der Waals surface area contributed by atoms with Crippen molar-refractivity contribution in [1.82, 2.24) is 15.1 Å². The molecule has 32 heavy (non-hydrogen) atoms. The average Bonchev–Trinajstić information content (AvgIpc) is 3.22. The van der Waals surface area contributed by atoms with Crippen LogP contribution in [0.5, 0.6) is 11.5 Å². The summed E-state index contributed by atoms with van der Waals surface area (Å²) >= 11 is 0. The van der Waals surface area contributed by atoms with Crippen molar-refractivity contribution in [3.63, 3.8) is 0 Å². The molecule has 2 heterocycles. The average molecular weight is 434 g/mol. The molecule has 3 aliphatic rings. The molecule has 2 amide bonds. The molecular weight excluding hydrogens is 402 g/mol. The third-order valence-electron chi connectivity index (χ3n) is 7.11. The zero-order chi connectivity index (χ0) is 22.1. The highest BCUT2D eigenvalue weighted by molar-refractivity contribution is 5.97. The van der Waals surface area contributed by atoms with Gasteiger partial charge in [-0.05, 0) is 80.6 Å². The van der Waals surface area contributed by atoms with E-state index < -0.39 is 0 Å². The van der Waals surface area contributed by atoms with Gasteiger partial charge in [0.15, 0.2) is 0 Å². The molecule has 5 rings (SSSR count). The molecule has 6 heteroatoms. The van der Waals surface area contributed by atoms with Crippen LogP contribution in [0.3, 0.4) is 0 Å². The summed E-state index contributed by atoms with van der Waals surface area (Å²) in [6.07, 6.45) is 5.94. The smallest absolute Gasteiger partial charge is 0.254 e. The Hall–Kier alpha value is -2.86. The van der Waals surface area contributed by atoms with Crippen molar-refractivity contribution in [2.75, 3.05) is 26.2 Å². The van der Waals surface area contributed by atoms with E-state index in [-0.39, 0.29) is 11.8 Å². The molecule has 2 aromatic carbocycles. The zero-order valence-electron chi connectivity index (χ0n) is 18.7. The number of nitrogens with one attached hydrogen (secondary N) is 1. The molecule has 1 atom stereocenters. The van der Waals surface area contributed by atoms with Crippen LogP contribution in [0.2, 0.25) is 0 Å². The number of nitrogens with zero attached hydrogens (tertiary/aromatic N) is 2. The molecule has 0 unspecified atom stereocenters. The second kappa shape index (κ2) is 8.94. The lowest BCUT2D eigenvalue weighted by molar-refractivity contribution is 0.0646. The number of hydrogen-bond donors (Lipinski definition) is 1. The van der Waals surface area contributed by atoms with E-state index in [1.165, 1.54) is 19.3 Å². The largest absolute Gasteiger partial charge is 0.457 e. The summed E-state index contributed by atoms with van der Waals surface area (Å²) in [6, 6.07) is 14.0. The van der Waals surface area contributed by atoms with Gasteiger partial charge in [-0.15, -0.1) is 0 Å². The van der Waals surface area contributed by atoms with Crippen LogP contribution in [0.4, 0.5) is 0 Å². The quantitative estimate of drug-likeness (QED) is 0.752. The number of amides is 2. The Balaban J connectivity index is 1.24. The van der Waals surface area contributed by atoms with Crippen molar-refractivity contribution in [1.29, 1.82) is 0 Å². The standard InChI is InChI=1S/C26H31N3O3/c1-2-27-25(30)18-6-8-22(9-7-18)32-23-10-11-24-19(16-23)12-15-29(26(24)31)21-13-14-28(17-21)20-4-3-5-20/h6-11,16,20-21H,2-5,12-15,17H2,1H3,(H,27,30)/t21-/m1/s1. The normalized spacial score (nSPS) is 21.2. The molecule has 1 aliphatic carbocycles. The van der Waals surface area contributed by atoms with Gasteiger partial charge >= 0.3 is 0 Å². The lowest BCUT2D eigenvalue weighted by Gasteiger charge is -2.37. The van der Waals surface area contributed by atoms with Gasteiger partial charge in [-0.3, -0.25) is 14.5 Å². The summed E-state index contributed by atoms with van der Waals surface area (Å²) in [7, 11) is 0. The minimum Gasteiger partial charge on any atom is -0.457 e. The Morgan fingerprint density at radius 2 is 1.81 bits per heavy atom. The van der Waals surface area contributed by atoms with Gasteiger partial charge in [-0.25, -0.2) is 0 Å². The highest BCUT2D eigenvalue weighted by Crippen LogP contribution is 2.32. The zero-order valence-corrected chi connectivity index (χ0v) is 18.7. The van der Waals surface area contributed by atoms with Crippen LogP contribution in [-0.4, -0.2) is 59.9 Å². The number of carbonyl (C=O) groups is 2. The number of rotatable bonds is 6. The van der Waals surface area contributed by atoms with Gasteiger partial charge in [-0.2, -0.15) is 0 Å². The second-order valence-electron chi connectivity index (χ2n) is 9.08. The Kier molecular flexibility index (Phi) is 5.87. The topological polar surface area (TPSA) is 61.9 Å². The first-order valence-electron chi connectivity index (χ1n) is 11.9. The van der Waals surface area contributed by atoms with E-state index in [2.05, 4.69) is 15.1 Å². The Morgan fingerprint density at radius 1 is 1.03 bits per heavy atom. The molecule has 168 valence electrons. The molecule has 2 aliphatic heterocycles. The molecule has 0 aromatic heterocycles. The molecule has 1 saturated carbocycles. The number of carbonyl (C=O) groups excluding carboxylic acids is 2. The van der Waals surface area contributed by atoms with Gasteiger partial charge in [0.2, 0.25) is 0 Å². The number of ether oxygens (including phenoxy) is 1. The third-order valence-corrected chi connectivity index (χ3v) is 7.11. The fraction of sp³-hybridized carbons (Fsp3) is 0.462. The van der Waals surface area contributed by atoms with Gasteiger partial charge in [0.05, 0.1) is 0 Å². The van der Waals surface area contributed by atoms with Crippen molar-refractivity contribution in [2.24, 2.45) is 0 Å². The first-order valence-corrected chi connectivity index (χ1v) is 11.9. The second-order valence-corrected chi connectivity index (χ2v) is 9.08. The van der Waals surface area contributed by atoms with Crippen LogP contribution in [0.25, 0.3) is 0 Å². The SMILES string of the molecule is CCNC(=O)c1ccc(Oc2ccc3c(c2)CCN([C@@H]2CCN(C4CCC4)C2)C3=O)cc1. The predicted octanol–water partition coefficient (Wildman–Crippen LogP) is 3.85. The van der Waals surface area contributed by atoms with E-state index in [0.29, 0.717) is 29.6 Å². The minimum absolute atomic E-state index is 0.0889. The summed E-state index contributed by atoms with van der Waals surface area (Å²) in [4.78, 5) is 29.8. The van der Waals surface area contributed by atoms with Gasteiger partial charge in [-0.1, -0.05) is 6.42 Å². The van der Waals surface area contributed by atoms with E-state index in [0.717, 1.165) is 49.6 Å². The highest BCUT2D eigenvalue weighted by Gasteiger charge is 2.37. The molecule has 0 radical (unpaired) electrons.